The molecule has 1 fully saturated rings. The number of hydrogen-bond acceptors (Lipinski definition) is 3. The van der Waals surface area contributed by atoms with E-state index in [-0.39, 0.29) is 6.03 Å². The number of carbonyl (C=O) groups excluding carboxylic acids is 1. The minimum absolute atomic E-state index is 0.00864. The van der Waals surface area contributed by atoms with E-state index in [1.54, 1.807) is 0 Å². The average Bonchev–Trinajstić information content (AvgIpc) is 2.68. The van der Waals surface area contributed by atoms with Crippen molar-refractivity contribution in [2.45, 2.75) is 39.5 Å². The molecule has 2 amide bonds. The molecule has 1 aliphatic rings. The van der Waals surface area contributed by atoms with Crippen molar-refractivity contribution in [3.8, 4) is 0 Å². The Kier molecular flexibility index (Phi) is 5.99. The van der Waals surface area contributed by atoms with Crippen molar-refractivity contribution in [2.24, 2.45) is 0 Å². The number of urea groups is 1. The summed E-state index contributed by atoms with van der Waals surface area (Å²) in [5, 5.41) is 3.22. The lowest BCUT2D eigenvalue weighted by atomic mass is 9.93. The van der Waals surface area contributed by atoms with Crippen molar-refractivity contribution in [3.05, 3.63) is 53.7 Å². The van der Waals surface area contributed by atoms with Crippen LogP contribution in [0.25, 0.3) is 0 Å². The number of anilines is 2. The monoisotopic (exact) mass is 366 g/mol. The average molecular weight is 367 g/mol. The number of para-hydroxylation sites is 1. The Morgan fingerprint density at radius 3 is 2.07 bits per heavy atom. The number of aromatic nitrogens is 1. The first-order valence-corrected chi connectivity index (χ1v) is 9.82. The summed E-state index contributed by atoms with van der Waals surface area (Å²) in [6.45, 7) is 11.7. The Bertz CT molecular complexity index is 739. The van der Waals surface area contributed by atoms with Crippen LogP contribution in [0.15, 0.2) is 42.6 Å². The van der Waals surface area contributed by atoms with Crippen molar-refractivity contribution >= 4 is 17.5 Å². The Hall–Kier alpha value is -2.56. The molecule has 0 atom stereocenters. The highest BCUT2D eigenvalue weighted by atomic mass is 16.2. The summed E-state index contributed by atoms with van der Waals surface area (Å²) < 4.78 is 0. The van der Waals surface area contributed by atoms with Gasteiger partial charge in [0.2, 0.25) is 0 Å². The van der Waals surface area contributed by atoms with Crippen LogP contribution in [0.4, 0.5) is 16.3 Å². The zero-order valence-corrected chi connectivity index (χ0v) is 16.8. The van der Waals surface area contributed by atoms with E-state index in [0.29, 0.717) is 24.9 Å². The molecule has 1 aliphatic heterocycles. The lowest BCUT2D eigenvalue weighted by Crippen LogP contribution is -2.50. The second kappa shape index (κ2) is 8.42. The van der Waals surface area contributed by atoms with E-state index in [2.05, 4.69) is 61.1 Å². The topological polar surface area (TPSA) is 48.5 Å². The van der Waals surface area contributed by atoms with Gasteiger partial charge >= 0.3 is 6.03 Å². The summed E-state index contributed by atoms with van der Waals surface area (Å²) in [4.78, 5) is 21.5. The zero-order chi connectivity index (χ0) is 19.4. The van der Waals surface area contributed by atoms with Crippen molar-refractivity contribution in [3.63, 3.8) is 0 Å². The maximum Gasteiger partial charge on any atom is 0.321 e. The van der Waals surface area contributed by atoms with Crippen LogP contribution < -0.4 is 10.2 Å². The molecule has 0 radical (unpaired) electrons. The minimum atomic E-state index is -0.00864. The Balaban J connectivity index is 1.70. The second-order valence-corrected chi connectivity index (χ2v) is 7.71. The van der Waals surface area contributed by atoms with Gasteiger partial charge in [-0.3, -0.25) is 0 Å². The highest BCUT2D eigenvalue weighted by Crippen LogP contribution is 2.32. The predicted molar refractivity (Wildman–Crippen MR) is 112 cm³/mol. The van der Waals surface area contributed by atoms with E-state index >= 15 is 0 Å². The summed E-state index contributed by atoms with van der Waals surface area (Å²) in [6, 6.07) is 12.3. The summed E-state index contributed by atoms with van der Waals surface area (Å²) in [5.74, 6) is 1.70. The largest absolute Gasteiger partial charge is 0.353 e. The van der Waals surface area contributed by atoms with Gasteiger partial charge in [-0.1, -0.05) is 52.0 Å². The summed E-state index contributed by atoms with van der Waals surface area (Å²) in [5.41, 5.74) is 3.38. The van der Waals surface area contributed by atoms with Crippen LogP contribution in [-0.2, 0) is 0 Å². The minimum Gasteiger partial charge on any atom is -0.353 e. The van der Waals surface area contributed by atoms with Gasteiger partial charge < -0.3 is 15.1 Å². The highest BCUT2D eigenvalue weighted by molar-refractivity contribution is 5.91. The number of piperazine rings is 1. The molecule has 5 heteroatoms. The van der Waals surface area contributed by atoms with Gasteiger partial charge in [0.25, 0.3) is 0 Å². The quantitative estimate of drug-likeness (QED) is 0.854. The summed E-state index contributed by atoms with van der Waals surface area (Å²) in [6.07, 6.45) is 1.81. The molecule has 3 rings (SSSR count). The third kappa shape index (κ3) is 4.41. The number of amides is 2. The maximum atomic E-state index is 12.9. The van der Waals surface area contributed by atoms with Gasteiger partial charge in [0.05, 0.1) is 0 Å². The lowest BCUT2D eigenvalue weighted by molar-refractivity contribution is 0.208. The van der Waals surface area contributed by atoms with E-state index < -0.39 is 0 Å². The molecule has 0 spiro atoms. The molecule has 0 unspecified atom stereocenters. The zero-order valence-electron chi connectivity index (χ0n) is 16.8. The Labute approximate surface area is 162 Å². The van der Waals surface area contributed by atoms with Gasteiger partial charge in [-0.25, -0.2) is 9.78 Å². The summed E-state index contributed by atoms with van der Waals surface area (Å²) in [7, 11) is 0. The molecule has 1 aromatic carbocycles. The fourth-order valence-corrected chi connectivity index (χ4v) is 3.56. The van der Waals surface area contributed by atoms with Crippen LogP contribution in [0.1, 0.15) is 50.7 Å². The number of carbonyl (C=O) groups is 1. The number of hydrogen-bond donors (Lipinski definition) is 1. The molecule has 0 bridgehead atoms. The van der Waals surface area contributed by atoms with Gasteiger partial charge in [0.15, 0.2) is 0 Å². The number of rotatable bonds is 4. The van der Waals surface area contributed by atoms with E-state index in [9.17, 15) is 4.79 Å². The van der Waals surface area contributed by atoms with Crippen molar-refractivity contribution in [1.82, 2.24) is 9.88 Å². The van der Waals surface area contributed by atoms with Crippen LogP contribution in [-0.4, -0.2) is 42.1 Å². The first-order valence-electron chi connectivity index (χ1n) is 9.82. The first-order chi connectivity index (χ1) is 13.0. The van der Waals surface area contributed by atoms with Crippen LogP contribution in [0, 0.1) is 0 Å². The lowest BCUT2D eigenvalue weighted by Gasteiger charge is -2.35. The second-order valence-electron chi connectivity index (χ2n) is 7.71. The predicted octanol–water partition coefficient (Wildman–Crippen LogP) is 4.68. The highest BCUT2D eigenvalue weighted by Gasteiger charge is 2.24. The Morgan fingerprint density at radius 2 is 1.56 bits per heavy atom. The van der Waals surface area contributed by atoms with Crippen LogP contribution in [0.5, 0.6) is 0 Å². The van der Waals surface area contributed by atoms with Crippen molar-refractivity contribution < 1.29 is 4.79 Å². The first kappa shape index (κ1) is 19.2. The standard InChI is InChI=1S/C22H30N4O/c1-16(2)18-8-7-9-19(17(3)4)21(18)24-22(27)26-14-12-25(13-15-26)20-10-5-6-11-23-20/h5-11,16-17H,12-15H2,1-4H3,(H,24,27). The SMILES string of the molecule is CC(C)c1cccc(C(C)C)c1NC(=O)N1CCN(c2ccccn2)CC1. The van der Waals surface area contributed by atoms with Crippen molar-refractivity contribution in [2.75, 3.05) is 36.4 Å². The van der Waals surface area contributed by atoms with Crippen LogP contribution in [0.3, 0.4) is 0 Å². The third-order valence-corrected chi connectivity index (χ3v) is 5.15. The van der Waals surface area contributed by atoms with E-state index in [0.717, 1.165) is 24.6 Å². The van der Waals surface area contributed by atoms with Crippen LogP contribution in [0.2, 0.25) is 0 Å². The van der Waals surface area contributed by atoms with Crippen molar-refractivity contribution in [1.29, 1.82) is 0 Å². The molecular weight excluding hydrogens is 336 g/mol. The normalized spacial score (nSPS) is 14.7. The number of nitrogens with zero attached hydrogens (tertiary/aromatic N) is 3. The maximum absolute atomic E-state index is 12.9. The molecule has 0 saturated carbocycles. The van der Waals surface area contributed by atoms with Gasteiger partial charge in [-0.05, 0) is 35.1 Å². The number of benzene rings is 1. The van der Waals surface area contributed by atoms with Gasteiger partial charge in [0, 0.05) is 38.1 Å². The Morgan fingerprint density at radius 1 is 0.926 bits per heavy atom. The fourth-order valence-electron chi connectivity index (χ4n) is 3.56. The number of pyridine rings is 1. The molecule has 144 valence electrons. The third-order valence-electron chi connectivity index (χ3n) is 5.15. The molecule has 1 saturated heterocycles. The number of nitrogens with one attached hydrogen (secondary N) is 1. The summed E-state index contributed by atoms with van der Waals surface area (Å²) >= 11 is 0. The smallest absolute Gasteiger partial charge is 0.321 e. The molecule has 1 aromatic heterocycles. The molecule has 0 aliphatic carbocycles. The van der Waals surface area contributed by atoms with E-state index in [4.69, 9.17) is 0 Å². The van der Waals surface area contributed by atoms with Crippen LogP contribution >= 0.6 is 0 Å². The molecule has 2 heterocycles. The molecule has 2 aromatic rings. The van der Waals surface area contributed by atoms with E-state index in [1.807, 2.05) is 29.3 Å². The van der Waals surface area contributed by atoms with E-state index in [1.165, 1.54) is 11.1 Å². The molecule has 27 heavy (non-hydrogen) atoms. The van der Waals surface area contributed by atoms with Gasteiger partial charge in [-0.2, -0.15) is 0 Å². The fraction of sp³-hybridized carbons (Fsp3) is 0.455. The molecule has 5 nitrogen and oxygen atoms in total. The molecular formula is C22H30N4O. The molecule has 1 N–H and O–H groups in total. The van der Waals surface area contributed by atoms with Gasteiger partial charge in [-0.15, -0.1) is 0 Å². The van der Waals surface area contributed by atoms with Gasteiger partial charge in [0.1, 0.15) is 5.82 Å².